The summed E-state index contributed by atoms with van der Waals surface area (Å²) < 4.78 is 34.5. The van der Waals surface area contributed by atoms with Gasteiger partial charge in [-0.3, -0.25) is 4.79 Å². The van der Waals surface area contributed by atoms with Gasteiger partial charge in [0.2, 0.25) is 5.91 Å². The van der Waals surface area contributed by atoms with Crippen LogP contribution in [0.3, 0.4) is 0 Å². The van der Waals surface area contributed by atoms with E-state index in [-0.39, 0.29) is 18.9 Å². The molecule has 0 radical (unpaired) electrons. The average Bonchev–Trinajstić information content (AvgIpc) is 0.819. The largest absolute Gasteiger partial charge is 0.394 e. The third kappa shape index (κ3) is 36.6. The number of amides is 1. The predicted octanol–water partition coefficient (Wildman–Crippen LogP) is 10.5. The lowest BCUT2D eigenvalue weighted by Crippen LogP contribution is -2.66. The number of unbranched alkanes of at least 4 members (excludes halogenated alkanes) is 28. The molecule has 17 atom stereocenters. The molecule has 12 N–H and O–H groups in total. The van der Waals surface area contributed by atoms with Crippen LogP contribution in [-0.2, 0) is 33.2 Å². The topological polar surface area (TPSA) is 307 Å². The van der Waals surface area contributed by atoms with Crippen molar-refractivity contribution < 1.29 is 89.4 Å². The zero-order valence-electron chi connectivity index (χ0n) is 57.2. The van der Waals surface area contributed by atoms with Crippen molar-refractivity contribution in [1.82, 2.24) is 5.32 Å². The quantitative estimate of drug-likeness (QED) is 0.0199. The predicted molar refractivity (Wildman–Crippen MR) is 365 cm³/mol. The Morgan fingerprint density at radius 1 is 0.398 bits per heavy atom. The molecule has 0 spiro atoms. The second-order valence-electron chi connectivity index (χ2n) is 26.0. The Hall–Kier alpha value is -2.77. The molecule has 0 saturated carbocycles. The Kier molecular flexibility index (Phi) is 50.1. The van der Waals surface area contributed by atoms with Gasteiger partial charge in [-0.05, 0) is 64.2 Å². The van der Waals surface area contributed by atoms with Crippen molar-refractivity contribution in [2.45, 2.75) is 362 Å². The Bertz CT molecular complexity index is 1970. The standard InChI is InChI=1S/C74H131NO18/c1-3-5-7-9-11-13-15-17-19-21-23-25-27-28-30-32-34-36-38-40-42-44-46-48-50-52-62(80)75-57(58(79)51-49-47-45-43-41-39-37-35-33-31-29-26-24-22-20-18-16-14-12-10-8-6-4-2)56-88-72-68(86)65(83)70(60(54-77)90-72)93-74-69(87)66(84)71(61(55-78)91-74)92-73-67(85)64(82)63(81)59(53-76)89-73/h5,7,11,13,17,19,23,25,28,30,34,36,57-61,63-74,76-79,81-87H,3-4,6,8-10,12,14-16,18,20-22,24,26-27,29,31-33,35,37-56H2,1-2H3,(H,75,80)/b7-5-,13-11-,19-17-,25-23-,30-28-,36-34-. The first-order valence-electron chi connectivity index (χ1n) is 36.7. The maximum absolute atomic E-state index is 13.5. The number of rotatable bonds is 56. The Balaban J connectivity index is 1.42. The van der Waals surface area contributed by atoms with Gasteiger partial charge in [-0.25, -0.2) is 0 Å². The van der Waals surface area contributed by atoms with Crippen LogP contribution in [0.4, 0.5) is 0 Å². The first-order chi connectivity index (χ1) is 45.3. The van der Waals surface area contributed by atoms with E-state index in [4.69, 9.17) is 28.4 Å². The number of hydrogen-bond donors (Lipinski definition) is 12. The van der Waals surface area contributed by atoms with Gasteiger partial charge in [0.1, 0.15) is 73.2 Å². The van der Waals surface area contributed by atoms with Crippen LogP contribution in [-0.4, -0.2) is 193 Å². The molecule has 0 aromatic carbocycles. The average molecular weight is 1320 g/mol. The summed E-state index contributed by atoms with van der Waals surface area (Å²) in [4.78, 5) is 13.5. The van der Waals surface area contributed by atoms with Crippen LogP contribution in [0.5, 0.6) is 0 Å². The molecule has 0 aromatic heterocycles. The third-order valence-corrected chi connectivity index (χ3v) is 18.0. The minimum absolute atomic E-state index is 0.246. The van der Waals surface area contributed by atoms with Gasteiger partial charge in [0.15, 0.2) is 18.9 Å². The van der Waals surface area contributed by atoms with E-state index in [1.807, 2.05) is 0 Å². The van der Waals surface area contributed by atoms with Gasteiger partial charge in [-0.2, -0.15) is 0 Å². The molecule has 3 rings (SSSR count). The van der Waals surface area contributed by atoms with Crippen LogP contribution < -0.4 is 5.32 Å². The monoisotopic (exact) mass is 1320 g/mol. The van der Waals surface area contributed by atoms with Crippen molar-refractivity contribution in [2.75, 3.05) is 26.4 Å². The fraction of sp³-hybridized carbons (Fsp3) is 0.824. The van der Waals surface area contributed by atoms with Crippen molar-refractivity contribution in [3.63, 3.8) is 0 Å². The second kappa shape index (κ2) is 55.1. The number of carbonyl (C=O) groups is 1. The summed E-state index contributed by atoms with van der Waals surface area (Å²) in [5, 5.41) is 121. The van der Waals surface area contributed by atoms with Crippen LogP contribution in [0, 0.1) is 0 Å². The van der Waals surface area contributed by atoms with Crippen molar-refractivity contribution in [1.29, 1.82) is 0 Å². The summed E-state index contributed by atoms with van der Waals surface area (Å²) in [5.74, 6) is -0.258. The zero-order chi connectivity index (χ0) is 67.5. The van der Waals surface area contributed by atoms with Crippen LogP contribution in [0.2, 0.25) is 0 Å². The molecule has 1 amide bonds. The van der Waals surface area contributed by atoms with Gasteiger partial charge in [0.25, 0.3) is 0 Å². The van der Waals surface area contributed by atoms with Gasteiger partial charge >= 0.3 is 0 Å². The fourth-order valence-corrected chi connectivity index (χ4v) is 12.1. The Morgan fingerprint density at radius 2 is 0.742 bits per heavy atom. The molecule has 3 aliphatic heterocycles. The van der Waals surface area contributed by atoms with E-state index in [9.17, 15) is 61.0 Å². The fourth-order valence-electron chi connectivity index (χ4n) is 12.1. The normalized spacial score (nSPS) is 27.9. The summed E-state index contributed by atoms with van der Waals surface area (Å²) >= 11 is 0. The first-order valence-corrected chi connectivity index (χ1v) is 36.7. The molecule has 0 aliphatic carbocycles. The molecule has 3 saturated heterocycles. The summed E-state index contributed by atoms with van der Waals surface area (Å²) in [6.45, 7) is 1.69. The van der Waals surface area contributed by atoms with Gasteiger partial charge < -0.3 is 89.9 Å². The molecular weight excluding hydrogens is 1190 g/mol. The van der Waals surface area contributed by atoms with Crippen LogP contribution in [0.15, 0.2) is 72.9 Å². The van der Waals surface area contributed by atoms with E-state index < -0.39 is 124 Å². The molecule has 19 nitrogen and oxygen atoms in total. The van der Waals surface area contributed by atoms with Gasteiger partial charge in [0.05, 0.1) is 38.6 Å². The number of hydrogen-bond acceptors (Lipinski definition) is 18. The summed E-state index contributed by atoms with van der Waals surface area (Å²) in [7, 11) is 0. The highest BCUT2D eigenvalue weighted by Gasteiger charge is 2.53. The smallest absolute Gasteiger partial charge is 0.220 e. The number of aliphatic hydroxyl groups excluding tert-OH is 11. The minimum atomic E-state index is -1.98. The van der Waals surface area contributed by atoms with Crippen LogP contribution >= 0.6 is 0 Å². The number of nitrogens with one attached hydrogen (secondary N) is 1. The van der Waals surface area contributed by atoms with Crippen LogP contribution in [0.25, 0.3) is 0 Å². The van der Waals surface area contributed by atoms with Gasteiger partial charge in [-0.1, -0.05) is 260 Å². The highest BCUT2D eigenvalue weighted by Crippen LogP contribution is 2.33. The van der Waals surface area contributed by atoms with E-state index >= 15 is 0 Å². The molecule has 19 heteroatoms. The lowest BCUT2D eigenvalue weighted by molar-refractivity contribution is -0.379. The SMILES string of the molecule is CC/C=C\C/C=C\C/C=C\C/C=C\C/C=C\C/C=C\CCCCCCCCC(=O)NC(COC1OC(CO)C(OC2OC(CO)C(OC3OC(CO)C(O)C(O)C3O)C(O)C2O)C(O)C1O)C(O)CCCCCCCCCCCCCCCCCCCCCCCCC. The molecule has 540 valence electrons. The summed E-state index contributed by atoms with van der Waals surface area (Å²) in [6, 6.07) is -0.901. The summed E-state index contributed by atoms with van der Waals surface area (Å²) in [6.07, 6.45) is 42.5. The maximum Gasteiger partial charge on any atom is 0.220 e. The maximum atomic E-state index is 13.5. The minimum Gasteiger partial charge on any atom is -0.394 e. The molecular formula is C74H131NO18. The second-order valence-corrected chi connectivity index (χ2v) is 26.0. The van der Waals surface area contributed by atoms with E-state index in [2.05, 4.69) is 92.1 Å². The van der Waals surface area contributed by atoms with E-state index in [1.165, 1.54) is 122 Å². The molecule has 0 aromatic rings. The van der Waals surface area contributed by atoms with Crippen LogP contribution in [0.1, 0.15) is 258 Å². The number of carbonyl (C=O) groups excluding carboxylic acids is 1. The third-order valence-electron chi connectivity index (χ3n) is 18.0. The number of allylic oxidation sites excluding steroid dienone is 12. The Morgan fingerprint density at radius 3 is 1.16 bits per heavy atom. The number of aliphatic hydroxyl groups is 11. The molecule has 17 unspecified atom stereocenters. The summed E-state index contributed by atoms with van der Waals surface area (Å²) in [5.41, 5.74) is 0. The molecule has 3 aliphatic rings. The Labute approximate surface area is 559 Å². The molecule has 3 heterocycles. The van der Waals surface area contributed by atoms with E-state index in [1.54, 1.807) is 0 Å². The molecule has 0 bridgehead atoms. The zero-order valence-corrected chi connectivity index (χ0v) is 57.2. The lowest BCUT2D eigenvalue weighted by atomic mass is 9.96. The molecule has 93 heavy (non-hydrogen) atoms. The van der Waals surface area contributed by atoms with Crippen molar-refractivity contribution >= 4 is 5.91 Å². The lowest BCUT2D eigenvalue weighted by Gasteiger charge is -2.48. The van der Waals surface area contributed by atoms with E-state index in [0.29, 0.717) is 12.8 Å². The van der Waals surface area contributed by atoms with Crippen molar-refractivity contribution in [3.8, 4) is 0 Å². The van der Waals surface area contributed by atoms with Crippen molar-refractivity contribution in [3.05, 3.63) is 72.9 Å². The highest BCUT2D eigenvalue weighted by molar-refractivity contribution is 5.76. The van der Waals surface area contributed by atoms with Gasteiger partial charge in [0, 0.05) is 6.42 Å². The van der Waals surface area contributed by atoms with E-state index in [0.717, 1.165) is 103 Å². The molecule has 3 fully saturated rings. The van der Waals surface area contributed by atoms with Gasteiger partial charge in [-0.15, -0.1) is 0 Å². The highest BCUT2D eigenvalue weighted by atomic mass is 16.8. The first kappa shape index (κ1) is 84.5. The number of ether oxygens (including phenoxy) is 6. The van der Waals surface area contributed by atoms with Crippen molar-refractivity contribution in [2.24, 2.45) is 0 Å².